The molecule has 11 aromatic carbocycles. The molecule has 0 spiro atoms. The Labute approximate surface area is 301 Å². The Morgan fingerprint density at radius 3 is 1.04 bits per heavy atom. The smallest absolute Gasteiger partial charge is 0.00137 e. The van der Waals surface area contributed by atoms with Gasteiger partial charge >= 0.3 is 0 Å². The summed E-state index contributed by atoms with van der Waals surface area (Å²) >= 11 is 0. The molecule has 11 aromatic rings. The van der Waals surface area contributed by atoms with Crippen LogP contribution in [0.15, 0.2) is 194 Å². The molecule has 0 N–H and O–H groups in total. The van der Waals surface area contributed by atoms with Crippen molar-refractivity contribution in [3.8, 4) is 33.4 Å². The SMILES string of the molecule is c1ccc2c(-c3cccc4c3ccc3ccccc34)c(-c3cccc4c3ccc3ccccc34)c(-c3cccc4c3ccc3ccccc34)cc2c1. The highest BCUT2D eigenvalue weighted by Gasteiger charge is 2.23. The summed E-state index contributed by atoms with van der Waals surface area (Å²) < 4.78 is 0. The molecule has 11 rings (SSSR count). The van der Waals surface area contributed by atoms with E-state index in [4.69, 9.17) is 0 Å². The second-order valence-corrected chi connectivity index (χ2v) is 14.0. The molecule has 0 amide bonds. The first-order valence-corrected chi connectivity index (χ1v) is 18.1. The van der Waals surface area contributed by atoms with Crippen LogP contribution in [0, 0.1) is 0 Å². The molecule has 0 heterocycles. The van der Waals surface area contributed by atoms with Crippen molar-refractivity contribution in [3.05, 3.63) is 194 Å². The van der Waals surface area contributed by atoms with Crippen LogP contribution < -0.4 is 0 Å². The molecule has 0 aliphatic heterocycles. The Balaban J connectivity index is 1.35. The Bertz CT molecular complexity index is 3240. The lowest BCUT2D eigenvalue weighted by atomic mass is 9.80. The number of fused-ring (bicyclic) bond motifs is 10. The van der Waals surface area contributed by atoms with Crippen LogP contribution in [0.5, 0.6) is 0 Å². The van der Waals surface area contributed by atoms with Gasteiger partial charge < -0.3 is 0 Å². The number of rotatable bonds is 3. The van der Waals surface area contributed by atoms with E-state index in [1.807, 2.05) is 0 Å². The molecule has 52 heavy (non-hydrogen) atoms. The van der Waals surface area contributed by atoms with Crippen molar-refractivity contribution in [1.82, 2.24) is 0 Å². The van der Waals surface area contributed by atoms with Gasteiger partial charge in [-0.05, 0) is 115 Å². The van der Waals surface area contributed by atoms with Crippen molar-refractivity contribution in [1.29, 1.82) is 0 Å². The summed E-state index contributed by atoms with van der Waals surface area (Å²) in [6.07, 6.45) is 0. The Morgan fingerprint density at radius 2 is 0.538 bits per heavy atom. The van der Waals surface area contributed by atoms with Gasteiger partial charge in [-0.15, -0.1) is 0 Å². The van der Waals surface area contributed by atoms with E-state index < -0.39 is 0 Å². The minimum atomic E-state index is 1.23. The fourth-order valence-electron chi connectivity index (χ4n) is 8.91. The predicted molar refractivity (Wildman–Crippen MR) is 225 cm³/mol. The molecule has 0 saturated carbocycles. The van der Waals surface area contributed by atoms with E-state index in [0.717, 1.165) is 0 Å². The normalized spacial score (nSPS) is 11.8. The van der Waals surface area contributed by atoms with Crippen LogP contribution >= 0.6 is 0 Å². The molecule has 0 heteroatoms. The zero-order valence-corrected chi connectivity index (χ0v) is 28.5. The summed E-state index contributed by atoms with van der Waals surface area (Å²) in [6, 6.07) is 72.1. The average molecular weight is 657 g/mol. The Hall–Kier alpha value is -6.76. The third kappa shape index (κ3) is 4.28. The van der Waals surface area contributed by atoms with Crippen molar-refractivity contribution >= 4 is 75.4 Å². The lowest BCUT2D eigenvalue weighted by Gasteiger charge is -2.23. The van der Waals surface area contributed by atoms with Crippen LogP contribution in [0.3, 0.4) is 0 Å². The highest BCUT2D eigenvalue weighted by molar-refractivity contribution is 6.23. The van der Waals surface area contributed by atoms with Gasteiger partial charge in [-0.25, -0.2) is 0 Å². The summed E-state index contributed by atoms with van der Waals surface area (Å²) in [5.74, 6) is 0. The van der Waals surface area contributed by atoms with Gasteiger partial charge in [0.15, 0.2) is 0 Å². The molecule has 0 aliphatic rings. The van der Waals surface area contributed by atoms with Crippen LogP contribution in [-0.2, 0) is 0 Å². The van der Waals surface area contributed by atoms with Crippen LogP contribution in [-0.4, -0.2) is 0 Å². The first-order valence-electron chi connectivity index (χ1n) is 18.1. The number of hydrogen-bond donors (Lipinski definition) is 0. The first kappa shape index (κ1) is 29.0. The van der Waals surface area contributed by atoms with Crippen molar-refractivity contribution < 1.29 is 0 Å². The van der Waals surface area contributed by atoms with Crippen molar-refractivity contribution in [2.24, 2.45) is 0 Å². The molecule has 0 saturated heterocycles. The number of benzene rings is 11. The molecule has 0 bridgehead atoms. The lowest BCUT2D eigenvalue weighted by molar-refractivity contribution is 1.63. The van der Waals surface area contributed by atoms with Crippen molar-refractivity contribution in [2.45, 2.75) is 0 Å². The summed E-state index contributed by atoms with van der Waals surface area (Å²) in [6.45, 7) is 0. The van der Waals surface area contributed by atoms with E-state index in [0.29, 0.717) is 0 Å². The fourth-order valence-corrected chi connectivity index (χ4v) is 8.91. The maximum Gasteiger partial charge on any atom is -0.00137 e. The second-order valence-electron chi connectivity index (χ2n) is 14.0. The van der Waals surface area contributed by atoms with Gasteiger partial charge in [-0.1, -0.05) is 188 Å². The van der Waals surface area contributed by atoms with Gasteiger partial charge in [-0.2, -0.15) is 0 Å². The maximum atomic E-state index is 2.44. The quantitative estimate of drug-likeness (QED) is 0.166. The maximum absolute atomic E-state index is 2.44. The number of hydrogen-bond acceptors (Lipinski definition) is 0. The zero-order valence-electron chi connectivity index (χ0n) is 28.5. The van der Waals surface area contributed by atoms with Crippen molar-refractivity contribution in [3.63, 3.8) is 0 Å². The average Bonchev–Trinajstić information content (AvgIpc) is 3.22. The van der Waals surface area contributed by atoms with Crippen molar-refractivity contribution in [2.75, 3.05) is 0 Å². The van der Waals surface area contributed by atoms with Crippen LogP contribution in [0.4, 0.5) is 0 Å². The van der Waals surface area contributed by atoms with Gasteiger partial charge in [0.05, 0.1) is 0 Å². The van der Waals surface area contributed by atoms with E-state index in [-0.39, 0.29) is 0 Å². The minimum absolute atomic E-state index is 1.23. The highest BCUT2D eigenvalue weighted by Crippen LogP contribution is 2.50. The molecule has 0 radical (unpaired) electrons. The monoisotopic (exact) mass is 656 g/mol. The molecule has 0 aromatic heterocycles. The minimum Gasteiger partial charge on any atom is -0.0616 e. The fraction of sp³-hybridized carbons (Fsp3) is 0. The van der Waals surface area contributed by atoms with Gasteiger partial charge in [0.2, 0.25) is 0 Å². The van der Waals surface area contributed by atoms with E-state index in [9.17, 15) is 0 Å². The van der Waals surface area contributed by atoms with Crippen LogP contribution in [0.1, 0.15) is 0 Å². The molecule has 0 unspecified atom stereocenters. The van der Waals surface area contributed by atoms with E-state index in [2.05, 4.69) is 194 Å². The lowest BCUT2D eigenvalue weighted by Crippen LogP contribution is -1.96. The molecule has 240 valence electrons. The van der Waals surface area contributed by atoms with Gasteiger partial charge in [0.1, 0.15) is 0 Å². The topological polar surface area (TPSA) is 0 Å². The van der Waals surface area contributed by atoms with Gasteiger partial charge in [-0.3, -0.25) is 0 Å². The molecule has 0 atom stereocenters. The molecule has 0 nitrogen and oxygen atoms in total. The second kappa shape index (κ2) is 11.4. The Kier molecular flexibility index (Phi) is 6.35. The molecular weight excluding hydrogens is 625 g/mol. The zero-order chi connectivity index (χ0) is 34.2. The summed E-state index contributed by atoms with van der Waals surface area (Å²) in [4.78, 5) is 0. The highest BCUT2D eigenvalue weighted by atomic mass is 14.3. The molecular formula is C52H32. The van der Waals surface area contributed by atoms with Gasteiger partial charge in [0.25, 0.3) is 0 Å². The largest absolute Gasteiger partial charge is 0.0616 e. The third-order valence-corrected chi connectivity index (χ3v) is 11.2. The molecule has 0 fully saturated rings. The van der Waals surface area contributed by atoms with E-state index in [1.54, 1.807) is 0 Å². The first-order chi connectivity index (χ1) is 25.8. The van der Waals surface area contributed by atoms with Gasteiger partial charge in [0, 0.05) is 0 Å². The predicted octanol–water partition coefficient (Wildman–Crippen LogP) is 14.8. The third-order valence-electron chi connectivity index (χ3n) is 11.2. The van der Waals surface area contributed by atoms with E-state index in [1.165, 1.54) is 109 Å². The summed E-state index contributed by atoms with van der Waals surface area (Å²) in [5, 5.41) is 17.7. The van der Waals surface area contributed by atoms with Crippen LogP contribution in [0.25, 0.3) is 109 Å². The summed E-state index contributed by atoms with van der Waals surface area (Å²) in [5.41, 5.74) is 7.52. The van der Waals surface area contributed by atoms with E-state index >= 15 is 0 Å². The van der Waals surface area contributed by atoms with Crippen LogP contribution in [0.2, 0.25) is 0 Å². The summed E-state index contributed by atoms with van der Waals surface area (Å²) in [7, 11) is 0. The standard InChI is InChI=1S/C52H32/c1-5-16-37-33(12-1)26-29-45-41(37)20-9-23-44(45)50-32-36-15-4-8-19-40(36)51(48-24-10-21-42-38-17-6-2-13-34(38)27-30-46(42)48)52(50)49-25-11-22-43-39-18-7-3-14-35(39)28-31-47(43)49/h1-32H. The Morgan fingerprint density at radius 1 is 0.173 bits per heavy atom. The molecule has 0 aliphatic carbocycles.